The summed E-state index contributed by atoms with van der Waals surface area (Å²) in [6, 6.07) is 10.7. The van der Waals surface area contributed by atoms with Gasteiger partial charge in [-0.1, -0.05) is 55.9 Å². The Balaban J connectivity index is 1.62. The van der Waals surface area contributed by atoms with E-state index in [1.54, 1.807) is 0 Å². The van der Waals surface area contributed by atoms with Gasteiger partial charge in [0.05, 0.1) is 6.54 Å². The van der Waals surface area contributed by atoms with E-state index in [-0.39, 0.29) is 0 Å². The van der Waals surface area contributed by atoms with Crippen LogP contribution in [0.2, 0.25) is 0 Å². The van der Waals surface area contributed by atoms with Gasteiger partial charge in [-0.25, -0.2) is 0 Å². The molecule has 1 aliphatic heterocycles. The molecule has 1 aromatic rings. The molecular weight excluding hydrogens is 240 g/mol. The third kappa shape index (κ3) is 4.05. The highest BCUT2D eigenvalue weighted by atomic mass is 32.2. The van der Waals surface area contributed by atoms with E-state index in [4.69, 9.17) is 0 Å². The van der Waals surface area contributed by atoms with Crippen molar-refractivity contribution in [3.05, 3.63) is 35.9 Å². The molecule has 1 aliphatic rings. The number of amidine groups is 1. The van der Waals surface area contributed by atoms with Crippen molar-refractivity contribution in [1.29, 1.82) is 0 Å². The molecule has 2 rings (SSSR count). The third-order valence-corrected chi connectivity index (χ3v) is 4.68. The van der Waals surface area contributed by atoms with Gasteiger partial charge < -0.3 is 5.32 Å². The minimum absolute atomic E-state index is 0.668. The Morgan fingerprint density at radius 3 is 2.78 bits per heavy atom. The van der Waals surface area contributed by atoms with Crippen molar-refractivity contribution in [2.45, 2.75) is 31.9 Å². The fourth-order valence-electron chi connectivity index (χ4n) is 1.97. The van der Waals surface area contributed by atoms with Gasteiger partial charge in [0, 0.05) is 11.8 Å². The third-order valence-electron chi connectivity index (χ3n) is 3.18. The van der Waals surface area contributed by atoms with Crippen LogP contribution in [0.25, 0.3) is 0 Å². The first-order valence-electron chi connectivity index (χ1n) is 6.74. The standard InChI is InChI=1S/C15H22N2S/c1-12(2)14-11-17-15(18-14)16-10-6-9-13-7-4-3-5-8-13/h3-5,7-8,12,14H,6,9-11H2,1-2H3,(H,16,17). The Hall–Kier alpha value is -0.960. The molecule has 0 aromatic heterocycles. The van der Waals surface area contributed by atoms with Crippen LogP contribution in [-0.4, -0.2) is 23.5 Å². The van der Waals surface area contributed by atoms with E-state index in [0.29, 0.717) is 11.2 Å². The zero-order valence-corrected chi connectivity index (χ0v) is 12.0. The van der Waals surface area contributed by atoms with Gasteiger partial charge in [0.25, 0.3) is 0 Å². The number of rotatable bonds is 5. The number of nitrogens with zero attached hydrogens (tertiary/aromatic N) is 1. The highest BCUT2D eigenvalue weighted by molar-refractivity contribution is 8.14. The lowest BCUT2D eigenvalue weighted by Gasteiger charge is -2.12. The summed E-state index contributed by atoms with van der Waals surface area (Å²) in [5.41, 5.74) is 1.42. The molecule has 0 spiro atoms. The topological polar surface area (TPSA) is 24.4 Å². The summed E-state index contributed by atoms with van der Waals surface area (Å²) in [4.78, 5) is 4.55. The van der Waals surface area contributed by atoms with Crippen LogP contribution >= 0.6 is 11.8 Å². The summed E-state index contributed by atoms with van der Waals surface area (Å²) in [7, 11) is 0. The van der Waals surface area contributed by atoms with Crippen LogP contribution in [-0.2, 0) is 6.42 Å². The molecule has 18 heavy (non-hydrogen) atoms. The zero-order valence-electron chi connectivity index (χ0n) is 11.2. The van der Waals surface area contributed by atoms with Gasteiger partial charge >= 0.3 is 0 Å². The van der Waals surface area contributed by atoms with Gasteiger partial charge in [0.15, 0.2) is 5.17 Å². The van der Waals surface area contributed by atoms with Gasteiger partial charge in [-0.2, -0.15) is 0 Å². The number of nitrogens with one attached hydrogen (secondary N) is 1. The van der Waals surface area contributed by atoms with Crippen molar-refractivity contribution in [3.63, 3.8) is 0 Å². The van der Waals surface area contributed by atoms with Crippen molar-refractivity contribution in [3.8, 4) is 0 Å². The molecule has 0 aliphatic carbocycles. The SMILES string of the molecule is CC(C)C1CN=C(NCCCc2ccccc2)S1. The van der Waals surface area contributed by atoms with Gasteiger partial charge in [-0.05, 0) is 24.3 Å². The highest BCUT2D eigenvalue weighted by Crippen LogP contribution is 2.25. The Labute approximate surface area is 114 Å². The van der Waals surface area contributed by atoms with Gasteiger partial charge in [-0.3, -0.25) is 4.99 Å². The largest absolute Gasteiger partial charge is 0.365 e. The summed E-state index contributed by atoms with van der Waals surface area (Å²) in [6.45, 7) is 6.53. The van der Waals surface area contributed by atoms with Gasteiger partial charge in [-0.15, -0.1) is 0 Å². The van der Waals surface area contributed by atoms with Crippen molar-refractivity contribution in [2.24, 2.45) is 10.9 Å². The first kappa shape index (κ1) is 13.5. The average Bonchev–Trinajstić information content (AvgIpc) is 2.85. The van der Waals surface area contributed by atoms with Crippen LogP contribution in [0.1, 0.15) is 25.8 Å². The summed E-state index contributed by atoms with van der Waals surface area (Å²) in [5, 5.41) is 5.26. The van der Waals surface area contributed by atoms with E-state index >= 15 is 0 Å². The lowest BCUT2D eigenvalue weighted by Crippen LogP contribution is -2.22. The van der Waals surface area contributed by atoms with Crippen LogP contribution in [0.3, 0.4) is 0 Å². The quantitative estimate of drug-likeness (QED) is 0.823. The lowest BCUT2D eigenvalue weighted by atomic mass is 10.1. The van der Waals surface area contributed by atoms with Crippen LogP contribution in [0.5, 0.6) is 0 Å². The Bertz CT molecular complexity index is 387. The molecule has 1 unspecified atom stereocenters. The smallest absolute Gasteiger partial charge is 0.156 e. The van der Waals surface area contributed by atoms with Gasteiger partial charge in [0.1, 0.15) is 0 Å². The lowest BCUT2D eigenvalue weighted by molar-refractivity contribution is 0.621. The molecule has 2 nitrogen and oxygen atoms in total. The summed E-state index contributed by atoms with van der Waals surface area (Å²) in [6.07, 6.45) is 2.30. The highest BCUT2D eigenvalue weighted by Gasteiger charge is 2.21. The second-order valence-electron chi connectivity index (χ2n) is 5.06. The van der Waals surface area contributed by atoms with Gasteiger partial charge in [0.2, 0.25) is 0 Å². The molecule has 98 valence electrons. The van der Waals surface area contributed by atoms with Crippen molar-refractivity contribution in [1.82, 2.24) is 5.32 Å². The van der Waals surface area contributed by atoms with Crippen LogP contribution in [0, 0.1) is 5.92 Å². The normalized spacial score (nSPS) is 19.1. The average molecular weight is 262 g/mol. The summed E-state index contributed by atoms with van der Waals surface area (Å²) in [5.74, 6) is 0.711. The van der Waals surface area contributed by atoms with E-state index in [9.17, 15) is 0 Å². The van der Waals surface area contributed by atoms with E-state index < -0.39 is 0 Å². The minimum Gasteiger partial charge on any atom is -0.365 e. The number of benzene rings is 1. The molecule has 0 amide bonds. The molecule has 0 saturated carbocycles. The molecule has 0 bridgehead atoms. The maximum Gasteiger partial charge on any atom is 0.156 e. The van der Waals surface area contributed by atoms with E-state index in [2.05, 4.69) is 54.5 Å². The zero-order chi connectivity index (χ0) is 12.8. The maximum atomic E-state index is 4.55. The second-order valence-corrected chi connectivity index (χ2v) is 6.29. The minimum atomic E-state index is 0.668. The Kier molecular flexibility index (Phi) is 5.12. The monoisotopic (exact) mass is 262 g/mol. The number of thioether (sulfide) groups is 1. The van der Waals surface area contributed by atoms with Crippen LogP contribution < -0.4 is 5.32 Å². The Morgan fingerprint density at radius 1 is 1.33 bits per heavy atom. The summed E-state index contributed by atoms with van der Waals surface area (Å²) >= 11 is 1.90. The molecule has 1 atom stereocenters. The molecule has 3 heteroatoms. The van der Waals surface area contributed by atoms with E-state index in [1.807, 2.05) is 11.8 Å². The van der Waals surface area contributed by atoms with E-state index in [0.717, 1.165) is 31.1 Å². The second kappa shape index (κ2) is 6.83. The fraction of sp³-hybridized carbons (Fsp3) is 0.533. The summed E-state index contributed by atoms with van der Waals surface area (Å²) < 4.78 is 0. The van der Waals surface area contributed by atoms with Crippen LogP contribution in [0.15, 0.2) is 35.3 Å². The van der Waals surface area contributed by atoms with Crippen molar-refractivity contribution in [2.75, 3.05) is 13.1 Å². The predicted octanol–water partition coefficient (Wildman–Crippen LogP) is 3.34. The number of aliphatic imine (C=N–C) groups is 1. The molecule has 0 saturated heterocycles. The molecule has 0 radical (unpaired) electrons. The Morgan fingerprint density at radius 2 is 2.11 bits per heavy atom. The predicted molar refractivity (Wildman–Crippen MR) is 81.3 cm³/mol. The maximum absolute atomic E-state index is 4.55. The van der Waals surface area contributed by atoms with Crippen molar-refractivity contribution >= 4 is 16.9 Å². The van der Waals surface area contributed by atoms with E-state index in [1.165, 1.54) is 5.56 Å². The van der Waals surface area contributed by atoms with Crippen LogP contribution in [0.4, 0.5) is 0 Å². The molecule has 1 aromatic carbocycles. The first-order valence-corrected chi connectivity index (χ1v) is 7.62. The fourth-order valence-corrected chi connectivity index (χ4v) is 3.01. The molecule has 1 N–H and O–H groups in total. The molecule has 1 heterocycles. The first-order chi connectivity index (χ1) is 8.75. The number of hydrogen-bond acceptors (Lipinski definition) is 3. The molecular formula is C15H22N2S. The number of aryl methyl sites for hydroxylation is 1. The number of hydrogen-bond donors (Lipinski definition) is 1. The van der Waals surface area contributed by atoms with Crippen molar-refractivity contribution < 1.29 is 0 Å². The molecule has 0 fully saturated rings.